The molecular weight excluding hydrogens is 270 g/mol. The summed E-state index contributed by atoms with van der Waals surface area (Å²) in [6.07, 6.45) is 0. The first-order valence-electron chi connectivity index (χ1n) is 6.78. The van der Waals surface area contributed by atoms with E-state index in [1.54, 1.807) is 6.92 Å². The molecule has 6 nitrogen and oxygen atoms in total. The number of benzene rings is 1. The summed E-state index contributed by atoms with van der Waals surface area (Å²) in [6.45, 7) is 4.42. The lowest BCUT2D eigenvalue weighted by atomic mass is 10.3. The van der Waals surface area contributed by atoms with E-state index in [4.69, 9.17) is 4.74 Å². The van der Waals surface area contributed by atoms with Gasteiger partial charge in [0.15, 0.2) is 5.69 Å². The highest BCUT2D eigenvalue weighted by atomic mass is 16.5. The third-order valence-corrected chi connectivity index (χ3v) is 2.74. The molecular formula is C15H17N3O3. The van der Waals surface area contributed by atoms with E-state index in [2.05, 4.69) is 10.4 Å². The Labute approximate surface area is 122 Å². The van der Waals surface area contributed by atoms with Gasteiger partial charge < -0.3 is 10.1 Å². The fourth-order valence-corrected chi connectivity index (χ4v) is 1.85. The Kier molecular flexibility index (Phi) is 4.71. The SMILES string of the molecule is CCNC(=O)c1nn(-c2ccccc2)c(OCC)cc1=O. The summed E-state index contributed by atoms with van der Waals surface area (Å²) in [6, 6.07) is 10.5. The molecule has 2 rings (SSSR count). The van der Waals surface area contributed by atoms with Crippen molar-refractivity contribution in [1.29, 1.82) is 0 Å². The normalized spacial score (nSPS) is 10.2. The zero-order valence-corrected chi connectivity index (χ0v) is 12.0. The quantitative estimate of drug-likeness (QED) is 0.901. The van der Waals surface area contributed by atoms with Crippen molar-refractivity contribution in [2.75, 3.05) is 13.2 Å². The van der Waals surface area contributed by atoms with Crippen LogP contribution in [0, 0.1) is 0 Å². The molecule has 1 heterocycles. The number of carbonyl (C=O) groups is 1. The van der Waals surface area contributed by atoms with Gasteiger partial charge in [-0.2, -0.15) is 5.10 Å². The maximum absolute atomic E-state index is 12.0. The fourth-order valence-electron chi connectivity index (χ4n) is 1.85. The van der Waals surface area contributed by atoms with Crippen LogP contribution in [0.4, 0.5) is 0 Å². The average Bonchev–Trinajstić information content (AvgIpc) is 2.49. The van der Waals surface area contributed by atoms with Crippen LogP contribution >= 0.6 is 0 Å². The van der Waals surface area contributed by atoms with Crippen molar-refractivity contribution < 1.29 is 9.53 Å². The summed E-state index contributed by atoms with van der Waals surface area (Å²) < 4.78 is 6.89. The van der Waals surface area contributed by atoms with Gasteiger partial charge >= 0.3 is 0 Å². The van der Waals surface area contributed by atoms with Crippen LogP contribution in [0.1, 0.15) is 24.3 Å². The van der Waals surface area contributed by atoms with Gasteiger partial charge in [-0.1, -0.05) is 18.2 Å². The molecule has 0 unspecified atom stereocenters. The molecule has 1 aromatic heterocycles. The van der Waals surface area contributed by atoms with Crippen LogP contribution in [0.2, 0.25) is 0 Å². The van der Waals surface area contributed by atoms with E-state index >= 15 is 0 Å². The molecule has 1 amide bonds. The molecule has 6 heteroatoms. The molecule has 0 atom stereocenters. The highest BCUT2D eigenvalue weighted by Crippen LogP contribution is 2.14. The number of rotatable bonds is 5. The smallest absolute Gasteiger partial charge is 0.275 e. The van der Waals surface area contributed by atoms with Gasteiger partial charge in [0, 0.05) is 6.54 Å². The Morgan fingerprint density at radius 2 is 2.00 bits per heavy atom. The minimum atomic E-state index is -0.491. The topological polar surface area (TPSA) is 73.2 Å². The molecule has 0 aliphatic rings. The minimum absolute atomic E-state index is 0.149. The predicted octanol–water partition coefficient (Wildman–Crippen LogP) is 1.38. The van der Waals surface area contributed by atoms with Crippen LogP contribution in [0.25, 0.3) is 5.69 Å². The Hall–Kier alpha value is -2.63. The lowest BCUT2D eigenvalue weighted by molar-refractivity contribution is 0.0947. The second kappa shape index (κ2) is 6.69. The first kappa shape index (κ1) is 14.8. The molecule has 0 bridgehead atoms. The van der Waals surface area contributed by atoms with E-state index in [1.165, 1.54) is 10.7 Å². The molecule has 0 fully saturated rings. The molecule has 1 aromatic carbocycles. The maximum atomic E-state index is 12.0. The van der Waals surface area contributed by atoms with Crippen molar-refractivity contribution in [3.8, 4) is 11.6 Å². The highest BCUT2D eigenvalue weighted by molar-refractivity contribution is 5.92. The van der Waals surface area contributed by atoms with Gasteiger partial charge in [0.2, 0.25) is 11.3 Å². The summed E-state index contributed by atoms with van der Waals surface area (Å²) in [4.78, 5) is 23.9. The average molecular weight is 287 g/mol. The van der Waals surface area contributed by atoms with Crippen molar-refractivity contribution in [3.63, 3.8) is 0 Å². The molecule has 0 saturated heterocycles. The largest absolute Gasteiger partial charge is 0.478 e. The maximum Gasteiger partial charge on any atom is 0.275 e. The summed E-state index contributed by atoms with van der Waals surface area (Å²) in [7, 11) is 0. The number of aromatic nitrogens is 2. The number of ether oxygens (including phenoxy) is 1. The number of carbonyl (C=O) groups excluding carboxylic acids is 1. The molecule has 0 aliphatic carbocycles. The van der Waals surface area contributed by atoms with Gasteiger partial charge in [-0.3, -0.25) is 9.59 Å². The van der Waals surface area contributed by atoms with E-state index < -0.39 is 11.3 Å². The lowest BCUT2D eigenvalue weighted by Gasteiger charge is -2.13. The zero-order chi connectivity index (χ0) is 15.2. The first-order chi connectivity index (χ1) is 10.2. The van der Waals surface area contributed by atoms with Crippen LogP contribution in [-0.2, 0) is 0 Å². The molecule has 2 aromatic rings. The summed E-state index contributed by atoms with van der Waals surface area (Å²) in [5, 5.41) is 6.72. The van der Waals surface area contributed by atoms with Gasteiger partial charge in [0.25, 0.3) is 5.91 Å². The van der Waals surface area contributed by atoms with Crippen LogP contribution in [0.5, 0.6) is 5.88 Å². The number of para-hydroxylation sites is 1. The third-order valence-electron chi connectivity index (χ3n) is 2.74. The Balaban J connectivity index is 2.57. The number of amides is 1. The van der Waals surface area contributed by atoms with E-state index in [0.717, 1.165) is 0 Å². The Bertz CT molecular complexity index is 680. The van der Waals surface area contributed by atoms with Crippen molar-refractivity contribution in [2.45, 2.75) is 13.8 Å². The standard InChI is InChI=1S/C15H17N3O3/c1-3-16-15(20)14-12(19)10-13(21-4-2)18(17-14)11-8-6-5-7-9-11/h5-10H,3-4H2,1-2H3,(H,16,20). The van der Waals surface area contributed by atoms with Crippen LogP contribution in [0.3, 0.4) is 0 Å². The molecule has 0 aliphatic heterocycles. The second-order valence-corrected chi connectivity index (χ2v) is 4.24. The number of hydrogen-bond acceptors (Lipinski definition) is 4. The molecule has 0 spiro atoms. The number of hydrogen-bond donors (Lipinski definition) is 1. The van der Waals surface area contributed by atoms with Gasteiger partial charge in [-0.05, 0) is 26.0 Å². The summed E-state index contributed by atoms with van der Waals surface area (Å²) >= 11 is 0. The van der Waals surface area contributed by atoms with Crippen molar-refractivity contribution in [3.05, 3.63) is 52.3 Å². The zero-order valence-electron chi connectivity index (χ0n) is 12.0. The third kappa shape index (κ3) is 3.28. The van der Waals surface area contributed by atoms with E-state index in [1.807, 2.05) is 37.3 Å². The highest BCUT2D eigenvalue weighted by Gasteiger charge is 2.16. The number of nitrogens with zero attached hydrogens (tertiary/aromatic N) is 2. The van der Waals surface area contributed by atoms with E-state index in [-0.39, 0.29) is 5.69 Å². The first-order valence-corrected chi connectivity index (χ1v) is 6.78. The van der Waals surface area contributed by atoms with Crippen LogP contribution < -0.4 is 15.5 Å². The van der Waals surface area contributed by atoms with Gasteiger partial charge in [-0.15, -0.1) is 0 Å². The molecule has 1 N–H and O–H groups in total. The van der Waals surface area contributed by atoms with Crippen LogP contribution in [0.15, 0.2) is 41.2 Å². The minimum Gasteiger partial charge on any atom is -0.478 e. The van der Waals surface area contributed by atoms with Crippen molar-refractivity contribution >= 4 is 5.91 Å². The van der Waals surface area contributed by atoms with Gasteiger partial charge in [-0.25, -0.2) is 4.68 Å². The monoisotopic (exact) mass is 287 g/mol. The van der Waals surface area contributed by atoms with E-state index in [9.17, 15) is 9.59 Å². The summed E-state index contributed by atoms with van der Waals surface area (Å²) in [5.74, 6) is -0.183. The number of nitrogens with one attached hydrogen (secondary N) is 1. The lowest BCUT2D eigenvalue weighted by Crippen LogP contribution is -2.31. The van der Waals surface area contributed by atoms with Gasteiger partial charge in [0.05, 0.1) is 18.4 Å². The molecule has 21 heavy (non-hydrogen) atoms. The second-order valence-electron chi connectivity index (χ2n) is 4.24. The molecule has 0 radical (unpaired) electrons. The Morgan fingerprint density at radius 3 is 2.62 bits per heavy atom. The van der Waals surface area contributed by atoms with Crippen molar-refractivity contribution in [2.24, 2.45) is 0 Å². The van der Waals surface area contributed by atoms with E-state index in [0.29, 0.717) is 24.7 Å². The fraction of sp³-hybridized carbons (Fsp3) is 0.267. The van der Waals surface area contributed by atoms with Gasteiger partial charge in [0.1, 0.15) is 0 Å². The van der Waals surface area contributed by atoms with Crippen molar-refractivity contribution in [1.82, 2.24) is 15.1 Å². The molecule has 0 saturated carbocycles. The predicted molar refractivity (Wildman–Crippen MR) is 79.0 cm³/mol. The Morgan fingerprint density at radius 1 is 1.29 bits per heavy atom. The summed E-state index contributed by atoms with van der Waals surface area (Å²) in [5.41, 5.74) is 0.104. The molecule has 110 valence electrons. The van der Waals surface area contributed by atoms with Crippen LogP contribution in [-0.4, -0.2) is 28.8 Å².